The van der Waals surface area contributed by atoms with Gasteiger partial charge in [0.15, 0.2) is 0 Å². The summed E-state index contributed by atoms with van der Waals surface area (Å²) >= 11 is 0. The van der Waals surface area contributed by atoms with E-state index in [1.165, 1.54) is 11.1 Å². The van der Waals surface area contributed by atoms with Crippen LogP contribution in [0.25, 0.3) is 0 Å². The Kier molecular flexibility index (Phi) is 5.86. The average Bonchev–Trinajstić information content (AvgIpc) is 3.22. The van der Waals surface area contributed by atoms with Gasteiger partial charge in [-0.05, 0) is 48.3 Å². The van der Waals surface area contributed by atoms with Gasteiger partial charge in [0.1, 0.15) is 0 Å². The van der Waals surface area contributed by atoms with Crippen molar-refractivity contribution in [1.29, 1.82) is 0 Å². The Bertz CT molecular complexity index is 1180. The Balaban J connectivity index is 1.55. The molecule has 4 rings (SSSR count). The summed E-state index contributed by atoms with van der Waals surface area (Å²) in [5.41, 5.74) is 6.70. The third-order valence-electron chi connectivity index (χ3n) is 6.00. The second-order valence-corrected chi connectivity index (χ2v) is 10.1. The minimum Gasteiger partial charge on any atom is -0.748 e. The molecule has 5 nitrogen and oxygen atoms in total. The summed E-state index contributed by atoms with van der Waals surface area (Å²) in [5.74, 6) is -0.314. The lowest BCUT2D eigenvalue weighted by molar-refractivity contribution is 0.460. The van der Waals surface area contributed by atoms with Crippen LogP contribution >= 0.6 is 0 Å². The van der Waals surface area contributed by atoms with Gasteiger partial charge < -0.3 is 9.45 Å². The van der Waals surface area contributed by atoms with Gasteiger partial charge in [0, 0.05) is 41.2 Å². The number of hydrogen-bond acceptors (Lipinski definition) is 5. The molecule has 6 heteroatoms. The molecule has 0 aliphatic carbocycles. The molecule has 31 heavy (non-hydrogen) atoms. The molecule has 0 unspecified atom stereocenters. The fraction of sp³-hybridized carbons (Fsp3) is 0.320. The molecule has 0 saturated carbocycles. The monoisotopic (exact) mass is 435 g/mol. The van der Waals surface area contributed by atoms with Crippen LogP contribution in [0.15, 0.2) is 77.4 Å². The van der Waals surface area contributed by atoms with Gasteiger partial charge in [-0.2, -0.15) is 0 Å². The Hall–Kier alpha value is -2.70. The number of benzene rings is 2. The smallest absolute Gasteiger partial charge is 0.0945 e. The van der Waals surface area contributed by atoms with E-state index in [0.29, 0.717) is 19.4 Å². The van der Waals surface area contributed by atoms with E-state index in [1.54, 1.807) is 0 Å². The fourth-order valence-corrected chi connectivity index (χ4v) is 4.99. The molecular weight excluding hydrogens is 408 g/mol. The van der Waals surface area contributed by atoms with E-state index < -0.39 is 10.1 Å². The maximum Gasteiger partial charge on any atom is 0.0945 e. The molecule has 0 atom stereocenters. The van der Waals surface area contributed by atoms with Crippen molar-refractivity contribution in [3.8, 4) is 0 Å². The van der Waals surface area contributed by atoms with Gasteiger partial charge in [0.05, 0.1) is 15.8 Å². The Morgan fingerprint density at radius 3 is 2.61 bits per heavy atom. The molecule has 0 amide bonds. The molecule has 0 bridgehead atoms. The maximum atomic E-state index is 10.9. The van der Waals surface area contributed by atoms with E-state index >= 15 is 0 Å². The lowest BCUT2D eigenvalue weighted by Gasteiger charge is -2.27. The SMILES string of the molecule is CC1(C)/C(=C/C=C/C2=Nc3ccccc3C2)N(CCCCS(=O)(=O)[O-])c2ccccc21. The standard InChI is InChI=1S/C25H28N2O3S/c1-25(2)21-12-4-6-14-23(21)27(16-7-8-17-31(28,29)30)24(25)15-9-11-20-18-19-10-3-5-13-22(19)26-20/h3-6,9-15H,7-8,16-18H2,1-2H3,(H,28,29,30)/p-1/b11-9+,24-15-. The molecule has 162 valence electrons. The van der Waals surface area contributed by atoms with Crippen molar-refractivity contribution in [1.82, 2.24) is 0 Å². The molecule has 2 aliphatic heterocycles. The van der Waals surface area contributed by atoms with Crippen LogP contribution in [0.1, 0.15) is 37.8 Å². The van der Waals surface area contributed by atoms with E-state index in [1.807, 2.05) is 30.3 Å². The van der Waals surface area contributed by atoms with Crippen LogP contribution in [0.4, 0.5) is 11.4 Å². The number of unbranched alkanes of at least 4 members (excludes halogenated alkanes) is 1. The summed E-state index contributed by atoms with van der Waals surface area (Å²) in [5, 5.41) is 0. The molecule has 0 spiro atoms. The second kappa shape index (κ2) is 8.44. The predicted octanol–water partition coefficient (Wildman–Crippen LogP) is 4.88. The lowest BCUT2D eigenvalue weighted by atomic mass is 9.83. The van der Waals surface area contributed by atoms with Crippen LogP contribution in [0.2, 0.25) is 0 Å². The number of nitrogens with zero attached hydrogens (tertiary/aromatic N) is 2. The first kappa shape index (κ1) is 21.5. The van der Waals surface area contributed by atoms with Gasteiger partial charge in [-0.15, -0.1) is 0 Å². The Morgan fingerprint density at radius 2 is 1.84 bits per heavy atom. The number of anilines is 1. The van der Waals surface area contributed by atoms with Gasteiger partial charge >= 0.3 is 0 Å². The highest BCUT2D eigenvalue weighted by Gasteiger charge is 2.39. The molecule has 0 radical (unpaired) electrons. The summed E-state index contributed by atoms with van der Waals surface area (Å²) in [4.78, 5) is 6.95. The minimum absolute atomic E-state index is 0.175. The van der Waals surface area contributed by atoms with Gasteiger partial charge in [0.2, 0.25) is 0 Å². The lowest BCUT2D eigenvalue weighted by Crippen LogP contribution is -2.27. The van der Waals surface area contributed by atoms with E-state index in [0.717, 1.165) is 29.2 Å². The normalized spacial score (nSPS) is 18.5. The zero-order valence-corrected chi connectivity index (χ0v) is 18.7. The molecule has 2 aliphatic rings. The van der Waals surface area contributed by atoms with E-state index in [4.69, 9.17) is 4.99 Å². The summed E-state index contributed by atoms with van der Waals surface area (Å²) in [6.07, 6.45) is 8.10. The number of hydrogen-bond donors (Lipinski definition) is 0. The topological polar surface area (TPSA) is 72.8 Å². The van der Waals surface area contributed by atoms with Crippen LogP contribution < -0.4 is 4.90 Å². The highest BCUT2D eigenvalue weighted by atomic mass is 32.2. The van der Waals surface area contributed by atoms with Gasteiger partial charge in [0.25, 0.3) is 0 Å². The summed E-state index contributed by atoms with van der Waals surface area (Å²) in [6, 6.07) is 16.5. The van der Waals surface area contributed by atoms with E-state index in [9.17, 15) is 13.0 Å². The van der Waals surface area contributed by atoms with Crippen molar-refractivity contribution in [2.24, 2.45) is 4.99 Å². The molecule has 0 aromatic heterocycles. The molecular formula is C25H27N2O3S-. The Morgan fingerprint density at radius 1 is 1.10 bits per heavy atom. The van der Waals surface area contributed by atoms with Crippen molar-refractivity contribution in [2.75, 3.05) is 17.2 Å². The first-order chi connectivity index (χ1) is 14.8. The van der Waals surface area contributed by atoms with Gasteiger partial charge in [-0.25, -0.2) is 8.42 Å². The summed E-state index contributed by atoms with van der Waals surface area (Å²) < 4.78 is 32.8. The fourth-order valence-electron chi connectivity index (χ4n) is 4.44. The highest BCUT2D eigenvalue weighted by Crippen LogP contribution is 2.47. The van der Waals surface area contributed by atoms with Crippen LogP contribution in [0, 0.1) is 0 Å². The first-order valence-corrected chi connectivity index (χ1v) is 12.2. The molecule has 2 aromatic carbocycles. The highest BCUT2D eigenvalue weighted by molar-refractivity contribution is 7.85. The molecule has 0 fully saturated rings. The predicted molar refractivity (Wildman–Crippen MR) is 125 cm³/mol. The first-order valence-electron chi connectivity index (χ1n) is 10.6. The minimum atomic E-state index is -4.17. The number of fused-ring (bicyclic) bond motifs is 2. The van der Waals surface area contributed by atoms with Crippen LogP contribution in [-0.4, -0.2) is 31.0 Å². The molecule has 0 saturated heterocycles. The maximum absolute atomic E-state index is 10.9. The van der Waals surface area contributed by atoms with Crippen molar-refractivity contribution in [3.63, 3.8) is 0 Å². The van der Waals surface area contributed by atoms with E-state index in [-0.39, 0.29) is 11.2 Å². The van der Waals surface area contributed by atoms with Crippen molar-refractivity contribution in [2.45, 2.75) is 38.5 Å². The van der Waals surface area contributed by atoms with Crippen molar-refractivity contribution >= 4 is 27.2 Å². The van der Waals surface area contributed by atoms with Crippen molar-refractivity contribution < 1.29 is 13.0 Å². The summed E-state index contributed by atoms with van der Waals surface area (Å²) in [7, 11) is -4.17. The third-order valence-corrected chi connectivity index (χ3v) is 6.78. The average molecular weight is 436 g/mol. The molecule has 2 heterocycles. The number of aliphatic imine (C=N–C) groups is 1. The van der Waals surface area contributed by atoms with Gasteiger partial charge in [-0.3, -0.25) is 4.99 Å². The van der Waals surface area contributed by atoms with Gasteiger partial charge in [-0.1, -0.05) is 56.3 Å². The zero-order valence-electron chi connectivity index (χ0n) is 17.9. The van der Waals surface area contributed by atoms with Crippen LogP contribution in [0.5, 0.6) is 0 Å². The molecule has 2 aromatic rings. The third kappa shape index (κ3) is 4.65. The Labute approximate surface area is 184 Å². The van der Waals surface area contributed by atoms with Crippen LogP contribution in [0.3, 0.4) is 0 Å². The van der Waals surface area contributed by atoms with Crippen LogP contribution in [-0.2, 0) is 22.0 Å². The molecule has 0 N–H and O–H groups in total. The number of allylic oxidation sites excluding steroid dienone is 4. The number of rotatable bonds is 7. The quantitative estimate of drug-likeness (QED) is 0.459. The van der Waals surface area contributed by atoms with E-state index in [2.05, 4.69) is 55.2 Å². The number of para-hydroxylation sites is 2. The second-order valence-electron chi connectivity index (χ2n) is 8.58. The zero-order chi connectivity index (χ0) is 22.1. The van der Waals surface area contributed by atoms with Crippen molar-refractivity contribution in [3.05, 3.63) is 83.6 Å². The largest absolute Gasteiger partial charge is 0.748 e. The summed E-state index contributed by atoms with van der Waals surface area (Å²) in [6.45, 7) is 5.08.